The molecular weight excluding hydrogens is 476 g/mol. The van der Waals surface area contributed by atoms with Crippen LogP contribution in [0.2, 0.25) is 0 Å². The van der Waals surface area contributed by atoms with Gasteiger partial charge in [-0.3, -0.25) is 14.2 Å². The Morgan fingerprint density at radius 3 is 2.68 bits per heavy atom. The summed E-state index contributed by atoms with van der Waals surface area (Å²) in [4.78, 5) is 43.6. The first-order chi connectivity index (χ1) is 16.3. The molecule has 8 nitrogen and oxygen atoms in total. The molecule has 4 rings (SSSR count). The quantitative estimate of drug-likeness (QED) is 0.383. The number of carbonyl (C=O) groups is 2. The fraction of sp³-hybridized carbons (Fsp3) is 0.250. The summed E-state index contributed by atoms with van der Waals surface area (Å²) in [5, 5.41) is 1.90. The molecule has 2 aromatic heterocycles. The van der Waals surface area contributed by atoms with Crippen molar-refractivity contribution in [2.75, 3.05) is 13.7 Å². The Morgan fingerprint density at radius 2 is 2.03 bits per heavy atom. The van der Waals surface area contributed by atoms with Crippen molar-refractivity contribution < 1.29 is 23.8 Å². The fourth-order valence-electron chi connectivity index (χ4n) is 3.67. The van der Waals surface area contributed by atoms with Gasteiger partial charge >= 0.3 is 11.9 Å². The van der Waals surface area contributed by atoms with Crippen LogP contribution in [0.5, 0.6) is 11.5 Å². The van der Waals surface area contributed by atoms with E-state index in [-0.39, 0.29) is 12.2 Å². The van der Waals surface area contributed by atoms with E-state index in [4.69, 9.17) is 14.2 Å². The molecule has 1 atom stereocenters. The normalized spacial score (nSPS) is 15.5. The second-order valence-electron chi connectivity index (χ2n) is 7.32. The van der Waals surface area contributed by atoms with Crippen LogP contribution < -0.4 is 24.4 Å². The average Bonchev–Trinajstić information content (AvgIpc) is 3.42. The monoisotopic (exact) mass is 498 g/mol. The molecule has 34 heavy (non-hydrogen) atoms. The zero-order valence-electron chi connectivity index (χ0n) is 19.0. The summed E-state index contributed by atoms with van der Waals surface area (Å²) >= 11 is 2.70. The summed E-state index contributed by atoms with van der Waals surface area (Å²) in [5.74, 6) is -0.280. The number of benzene rings is 1. The first kappa shape index (κ1) is 23.7. The number of hydrogen-bond acceptors (Lipinski definition) is 9. The molecule has 0 spiro atoms. The maximum absolute atomic E-state index is 13.5. The fourth-order valence-corrected chi connectivity index (χ4v) is 5.54. The Bertz CT molecular complexity index is 1460. The summed E-state index contributed by atoms with van der Waals surface area (Å²) in [6.07, 6.45) is 1.72. The third-order valence-corrected chi connectivity index (χ3v) is 6.98. The van der Waals surface area contributed by atoms with E-state index in [2.05, 4.69) is 4.99 Å². The molecule has 0 amide bonds. The van der Waals surface area contributed by atoms with Crippen molar-refractivity contribution in [3.05, 3.63) is 77.1 Å². The summed E-state index contributed by atoms with van der Waals surface area (Å²) < 4.78 is 17.7. The van der Waals surface area contributed by atoms with E-state index in [9.17, 15) is 14.4 Å². The molecule has 3 heterocycles. The maximum Gasteiger partial charge on any atom is 0.338 e. The highest BCUT2D eigenvalue weighted by atomic mass is 32.1. The molecule has 0 unspecified atom stereocenters. The van der Waals surface area contributed by atoms with E-state index < -0.39 is 18.0 Å². The van der Waals surface area contributed by atoms with Gasteiger partial charge in [0.1, 0.15) is 6.04 Å². The van der Waals surface area contributed by atoms with Gasteiger partial charge in [-0.05, 0) is 49.1 Å². The Balaban J connectivity index is 1.86. The molecule has 0 fully saturated rings. The highest BCUT2D eigenvalue weighted by Gasteiger charge is 2.33. The van der Waals surface area contributed by atoms with E-state index in [0.29, 0.717) is 37.7 Å². The van der Waals surface area contributed by atoms with Crippen LogP contribution in [0, 0.1) is 0 Å². The van der Waals surface area contributed by atoms with Gasteiger partial charge in [-0.15, -0.1) is 11.3 Å². The van der Waals surface area contributed by atoms with Gasteiger partial charge in [0.05, 0.1) is 29.5 Å². The van der Waals surface area contributed by atoms with E-state index >= 15 is 0 Å². The predicted molar refractivity (Wildman–Crippen MR) is 129 cm³/mol. The molecule has 1 aromatic carbocycles. The molecule has 176 valence electrons. The number of carbonyl (C=O) groups excluding carboxylic acids is 2. The minimum absolute atomic E-state index is 0.225. The zero-order valence-corrected chi connectivity index (χ0v) is 20.6. The lowest BCUT2D eigenvalue weighted by molar-refractivity contribution is -0.139. The van der Waals surface area contributed by atoms with Crippen LogP contribution >= 0.6 is 22.7 Å². The number of esters is 2. The molecule has 10 heteroatoms. The highest BCUT2D eigenvalue weighted by molar-refractivity contribution is 7.10. The molecule has 0 saturated heterocycles. The van der Waals surface area contributed by atoms with E-state index in [1.807, 2.05) is 17.5 Å². The Morgan fingerprint density at radius 1 is 1.24 bits per heavy atom. The number of allylic oxidation sites excluding steroid dienone is 1. The van der Waals surface area contributed by atoms with E-state index in [1.54, 1.807) is 42.7 Å². The predicted octanol–water partition coefficient (Wildman–Crippen LogP) is 2.79. The molecule has 1 aliphatic rings. The van der Waals surface area contributed by atoms with Crippen LogP contribution in [0.15, 0.2) is 56.8 Å². The number of thiazole rings is 1. The average molecular weight is 499 g/mol. The molecule has 1 aliphatic heterocycles. The largest absolute Gasteiger partial charge is 0.493 e. The smallest absolute Gasteiger partial charge is 0.338 e. The van der Waals surface area contributed by atoms with Crippen molar-refractivity contribution in [2.24, 2.45) is 4.99 Å². The van der Waals surface area contributed by atoms with Gasteiger partial charge in [-0.25, -0.2) is 9.79 Å². The summed E-state index contributed by atoms with van der Waals surface area (Å²) in [6, 6.07) is 8.18. The number of fused-ring (bicyclic) bond motifs is 1. The second-order valence-corrected chi connectivity index (χ2v) is 9.31. The van der Waals surface area contributed by atoms with Crippen LogP contribution in [0.1, 0.15) is 37.3 Å². The van der Waals surface area contributed by atoms with Gasteiger partial charge < -0.3 is 14.2 Å². The van der Waals surface area contributed by atoms with Gasteiger partial charge in [0.15, 0.2) is 16.3 Å². The van der Waals surface area contributed by atoms with Crippen LogP contribution in [-0.2, 0) is 14.3 Å². The molecule has 3 aromatic rings. The lowest BCUT2D eigenvalue weighted by Crippen LogP contribution is -2.39. The summed E-state index contributed by atoms with van der Waals surface area (Å²) in [5.41, 5.74) is 1.30. The zero-order chi connectivity index (χ0) is 24.4. The Hall–Kier alpha value is -3.50. The first-order valence-corrected chi connectivity index (χ1v) is 12.1. The molecule has 0 saturated carbocycles. The van der Waals surface area contributed by atoms with E-state index in [0.717, 1.165) is 4.88 Å². The van der Waals surface area contributed by atoms with Crippen LogP contribution in [-0.4, -0.2) is 30.2 Å². The van der Waals surface area contributed by atoms with E-state index in [1.165, 1.54) is 36.7 Å². The van der Waals surface area contributed by atoms with Crippen LogP contribution in [0.3, 0.4) is 0 Å². The minimum Gasteiger partial charge on any atom is -0.493 e. The van der Waals surface area contributed by atoms with Crippen LogP contribution in [0.25, 0.3) is 6.08 Å². The molecular formula is C24H22N2O6S2. The SMILES string of the molecule is CCOC(=O)C1=C(C)N=c2s/c(=C\c3ccc(OC(C)=O)c(OC)c3)c(=O)n2[C@@H]1c1cccs1. The minimum atomic E-state index is -0.613. The summed E-state index contributed by atoms with van der Waals surface area (Å²) in [7, 11) is 1.47. The maximum atomic E-state index is 13.5. The van der Waals surface area contributed by atoms with Crippen molar-refractivity contribution in [1.29, 1.82) is 0 Å². The number of methoxy groups -OCH3 is 1. The lowest BCUT2D eigenvalue weighted by Gasteiger charge is -2.23. The third-order valence-electron chi connectivity index (χ3n) is 5.07. The topological polar surface area (TPSA) is 96.2 Å². The molecule has 0 aliphatic carbocycles. The summed E-state index contributed by atoms with van der Waals surface area (Å²) in [6.45, 7) is 5.03. The Kier molecular flexibility index (Phi) is 6.80. The first-order valence-electron chi connectivity index (χ1n) is 10.4. The number of nitrogens with zero attached hydrogens (tertiary/aromatic N) is 2. The van der Waals surface area contributed by atoms with Crippen molar-refractivity contribution in [1.82, 2.24) is 4.57 Å². The lowest BCUT2D eigenvalue weighted by atomic mass is 10.0. The number of hydrogen-bond donors (Lipinski definition) is 0. The van der Waals surface area contributed by atoms with Crippen molar-refractivity contribution in [2.45, 2.75) is 26.8 Å². The highest BCUT2D eigenvalue weighted by Crippen LogP contribution is 2.33. The van der Waals surface area contributed by atoms with Crippen molar-refractivity contribution >= 4 is 40.7 Å². The third kappa shape index (κ3) is 4.46. The Labute approximate surface area is 203 Å². The van der Waals surface area contributed by atoms with Gasteiger partial charge in [-0.1, -0.05) is 23.5 Å². The molecule has 0 bridgehead atoms. The van der Waals surface area contributed by atoms with Crippen molar-refractivity contribution in [3.63, 3.8) is 0 Å². The van der Waals surface area contributed by atoms with Gasteiger partial charge in [0, 0.05) is 11.8 Å². The molecule has 0 N–H and O–H groups in total. The number of thiophene rings is 1. The van der Waals surface area contributed by atoms with Gasteiger partial charge in [0.25, 0.3) is 5.56 Å². The van der Waals surface area contributed by atoms with Crippen molar-refractivity contribution in [3.8, 4) is 11.5 Å². The second kappa shape index (κ2) is 9.78. The number of ether oxygens (including phenoxy) is 3. The standard InChI is InChI=1S/C24H22N2O6S2/c1-5-31-23(29)20-13(2)25-24-26(21(20)18-7-6-10-33-18)22(28)19(34-24)12-15-8-9-16(32-14(3)27)17(11-15)30-4/h6-12,21H,5H2,1-4H3/b19-12-/t21-/m1/s1. The van der Waals surface area contributed by atoms with Crippen LogP contribution in [0.4, 0.5) is 0 Å². The van der Waals surface area contributed by atoms with Gasteiger partial charge in [0.2, 0.25) is 0 Å². The molecule has 0 radical (unpaired) electrons. The van der Waals surface area contributed by atoms with Gasteiger partial charge in [-0.2, -0.15) is 0 Å². The number of aromatic nitrogens is 1. The number of rotatable bonds is 6.